The summed E-state index contributed by atoms with van der Waals surface area (Å²) in [5, 5.41) is 16.5. The summed E-state index contributed by atoms with van der Waals surface area (Å²) >= 11 is 5.32. The molecule has 0 fully saturated rings. The molecule has 0 spiro atoms. The molecule has 0 heterocycles. The molecule has 2 rings (SSSR count). The van der Waals surface area contributed by atoms with Crippen LogP contribution in [0.1, 0.15) is 19.4 Å². The maximum atomic E-state index is 12.2. The van der Waals surface area contributed by atoms with Crippen LogP contribution in [0.5, 0.6) is 11.5 Å². The number of rotatable bonds is 7. The molecule has 0 saturated carbocycles. The fraction of sp³-hybridized carbons (Fsp3) is 0.211. The molecule has 2 aromatic rings. The molecular weight excluding hydrogens is 541 g/mol. The molecule has 0 radical (unpaired) electrons. The van der Waals surface area contributed by atoms with E-state index >= 15 is 0 Å². The molecule has 148 valence electrons. The first kappa shape index (κ1) is 22.2. The lowest BCUT2D eigenvalue weighted by molar-refractivity contribution is -0.131. The number of carbonyl (C=O) groups excluding carboxylic acids is 2. The number of phenolic OH excluding ortho intramolecular Hbond substituents is 1. The molecule has 2 amide bonds. The highest BCUT2D eigenvalue weighted by Gasteiger charge is 2.21. The Hall–Kier alpha value is -2.14. The molecule has 0 aliphatic rings. The van der Waals surface area contributed by atoms with Crippen LogP contribution < -0.4 is 15.5 Å². The molecule has 1 unspecified atom stereocenters. The van der Waals surface area contributed by atoms with Crippen LogP contribution in [-0.4, -0.2) is 29.7 Å². The molecule has 1 atom stereocenters. The molecule has 2 aromatic carbocycles. The number of para-hydroxylation sites is 1. The van der Waals surface area contributed by atoms with E-state index in [0.717, 1.165) is 4.47 Å². The number of hydrogen-bond acceptors (Lipinski definition) is 5. The van der Waals surface area contributed by atoms with E-state index in [1.165, 1.54) is 13.1 Å². The number of phenols is 1. The van der Waals surface area contributed by atoms with Crippen LogP contribution in [0.25, 0.3) is 0 Å². The smallest absolute Gasteiger partial charge is 0.252 e. The first-order chi connectivity index (χ1) is 13.3. The Morgan fingerprint density at radius 2 is 2.04 bits per heavy atom. The largest absolute Gasteiger partial charge is 0.504 e. The average molecular weight is 560 g/mol. The van der Waals surface area contributed by atoms with Crippen LogP contribution >= 0.6 is 38.5 Å². The maximum absolute atomic E-state index is 12.2. The standard InChI is InChI=1S/C19H19BrIN3O4/c1-3-28-16-9-12(8-14(21)17(16)25)10-22-24-19(27)11(2)18(26)23-15-7-5-4-6-13(15)20/h4-11,25H,3H2,1-2H3,(H,23,26)(H,24,27). The molecule has 28 heavy (non-hydrogen) atoms. The Balaban J connectivity index is 1.99. The van der Waals surface area contributed by atoms with Crippen LogP contribution in [0.3, 0.4) is 0 Å². The van der Waals surface area contributed by atoms with Gasteiger partial charge in [0.05, 0.1) is 22.1 Å². The minimum atomic E-state index is -0.941. The van der Waals surface area contributed by atoms with E-state index in [1.54, 1.807) is 30.3 Å². The number of aromatic hydroxyl groups is 1. The summed E-state index contributed by atoms with van der Waals surface area (Å²) in [6.07, 6.45) is 1.42. The third-order valence-corrected chi connectivity index (χ3v) is 5.17. The lowest BCUT2D eigenvalue weighted by Crippen LogP contribution is -2.34. The van der Waals surface area contributed by atoms with Crippen LogP contribution in [0, 0.1) is 9.49 Å². The topological polar surface area (TPSA) is 100 Å². The maximum Gasteiger partial charge on any atom is 0.252 e. The second-order valence-electron chi connectivity index (χ2n) is 5.71. The van der Waals surface area contributed by atoms with Gasteiger partial charge >= 0.3 is 0 Å². The number of amides is 2. The Morgan fingerprint density at radius 3 is 2.71 bits per heavy atom. The van der Waals surface area contributed by atoms with Crippen molar-refractivity contribution in [1.29, 1.82) is 0 Å². The van der Waals surface area contributed by atoms with E-state index in [4.69, 9.17) is 4.74 Å². The van der Waals surface area contributed by atoms with E-state index in [1.807, 2.05) is 35.6 Å². The summed E-state index contributed by atoms with van der Waals surface area (Å²) in [6, 6.07) is 10.4. The van der Waals surface area contributed by atoms with Gasteiger partial charge < -0.3 is 15.2 Å². The van der Waals surface area contributed by atoms with Crippen molar-refractivity contribution in [2.75, 3.05) is 11.9 Å². The number of benzene rings is 2. The van der Waals surface area contributed by atoms with Gasteiger partial charge in [0.25, 0.3) is 5.91 Å². The van der Waals surface area contributed by atoms with Crippen LogP contribution in [0.2, 0.25) is 0 Å². The third-order valence-electron chi connectivity index (χ3n) is 3.66. The lowest BCUT2D eigenvalue weighted by atomic mass is 10.1. The number of anilines is 1. The van der Waals surface area contributed by atoms with E-state index in [9.17, 15) is 14.7 Å². The molecule has 0 bridgehead atoms. The molecular formula is C19H19BrIN3O4. The summed E-state index contributed by atoms with van der Waals surface area (Å²) < 4.78 is 6.68. The van der Waals surface area contributed by atoms with Gasteiger partial charge in [0.2, 0.25) is 5.91 Å². The first-order valence-electron chi connectivity index (χ1n) is 8.37. The highest BCUT2D eigenvalue weighted by atomic mass is 127. The van der Waals surface area contributed by atoms with Crippen LogP contribution in [0.4, 0.5) is 5.69 Å². The molecule has 7 nitrogen and oxygen atoms in total. The van der Waals surface area contributed by atoms with E-state index < -0.39 is 17.7 Å². The second kappa shape index (κ2) is 10.4. The van der Waals surface area contributed by atoms with Crippen molar-refractivity contribution < 1.29 is 19.4 Å². The van der Waals surface area contributed by atoms with Gasteiger partial charge in [-0.15, -0.1) is 0 Å². The van der Waals surface area contributed by atoms with Gasteiger partial charge in [-0.25, -0.2) is 5.43 Å². The lowest BCUT2D eigenvalue weighted by Gasteiger charge is -2.12. The van der Waals surface area contributed by atoms with Gasteiger partial charge in [0.1, 0.15) is 5.92 Å². The molecule has 0 saturated heterocycles. The molecule has 9 heteroatoms. The summed E-state index contributed by atoms with van der Waals surface area (Å²) in [6.45, 7) is 3.71. The average Bonchev–Trinajstić information content (AvgIpc) is 2.66. The first-order valence-corrected chi connectivity index (χ1v) is 10.2. The zero-order valence-corrected chi connectivity index (χ0v) is 18.9. The Kier molecular flexibility index (Phi) is 8.24. The molecule has 0 aromatic heterocycles. The van der Waals surface area contributed by atoms with E-state index in [2.05, 4.69) is 31.8 Å². The Labute approximate surface area is 184 Å². The SMILES string of the molecule is CCOc1cc(C=NNC(=O)C(C)C(=O)Nc2ccccc2Br)cc(I)c1O. The third kappa shape index (κ3) is 5.93. The fourth-order valence-corrected chi connectivity index (χ4v) is 3.13. The van der Waals surface area contributed by atoms with Gasteiger partial charge in [-0.05, 0) is 82.2 Å². The van der Waals surface area contributed by atoms with Crippen molar-refractivity contribution >= 4 is 62.2 Å². The number of halogens is 2. The number of hydrogen-bond donors (Lipinski definition) is 3. The monoisotopic (exact) mass is 559 g/mol. The molecule has 3 N–H and O–H groups in total. The van der Waals surface area contributed by atoms with Gasteiger partial charge in [-0.2, -0.15) is 5.10 Å². The second-order valence-corrected chi connectivity index (χ2v) is 7.72. The minimum Gasteiger partial charge on any atom is -0.504 e. The predicted molar refractivity (Wildman–Crippen MR) is 120 cm³/mol. The quantitative estimate of drug-likeness (QED) is 0.207. The number of ether oxygens (including phenoxy) is 1. The van der Waals surface area contributed by atoms with Gasteiger partial charge in [0.15, 0.2) is 11.5 Å². The Morgan fingerprint density at radius 1 is 1.32 bits per heavy atom. The fourth-order valence-electron chi connectivity index (χ4n) is 2.12. The highest BCUT2D eigenvalue weighted by molar-refractivity contribution is 14.1. The van der Waals surface area contributed by atoms with Crippen molar-refractivity contribution in [2.45, 2.75) is 13.8 Å². The van der Waals surface area contributed by atoms with Crippen molar-refractivity contribution in [2.24, 2.45) is 11.0 Å². The minimum absolute atomic E-state index is 0.0565. The van der Waals surface area contributed by atoms with Gasteiger partial charge in [0, 0.05) is 4.47 Å². The zero-order valence-electron chi connectivity index (χ0n) is 15.2. The van der Waals surface area contributed by atoms with Crippen LogP contribution in [0.15, 0.2) is 46.0 Å². The van der Waals surface area contributed by atoms with Gasteiger partial charge in [-0.1, -0.05) is 12.1 Å². The van der Waals surface area contributed by atoms with Gasteiger partial charge in [-0.3, -0.25) is 9.59 Å². The number of carbonyl (C=O) groups is 2. The predicted octanol–water partition coefficient (Wildman–Crippen LogP) is 3.88. The van der Waals surface area contributed by atoms with E-state index in [-0.39, 0.29) is 5.75 Å². The number of nitrogens with one attached hydrogen (secondary N) is 2. The van der Waals surface area contributed by atoms with Crippen molar-refractivity contribution in [3.8, 4) is 11.5 Å². The Bertz CT molecular complexity index is 905. The summed E-state index contributed by atoms with van der Waals surface area (Å²) in [4.78, 5) is 24.4. The summed E-state index contributed by atoms with van der Waals surface area (Å²) in [5.74, 6) is -1.54. The van der Waals surface area contributed by atoms with Crippen molar-refractivity contribution in [1.82, 2.24) is 5.43 Å². The van der Waals surface area contributed by atoms with Crippen LogP contribution in [-0.2, 0) is 9.59 Å². The molecule has 0 aliphatic heterocycles. The van der Waals surface area contributed by atoms with Crippen molar-refractivity contribution in [3.63, 3.8) is 0 Å². The zero-order chi connectivity index (χ0) is 20.7. The normalized spacial score (nSPS) is 11.9. The number of hydrazone groups is 1. The summed E-state index contributed by atoms with van der Waals surface area (Å²) in [7, 11) is 0. The number of nitrogens with zero attached hydrogens (tertiary/aromatic N) is 1. The highest BCUT2D eigenvalue weighted by Crippen LogP contribution is 2.32. The van der Waals surface area contributed by atoms with E-state index in [0.29, 0.717) is 27.2 Å². The van der Waals surface area contributed by atoms with Crippen molar-refractivity contribution in [3.05, 3.63) is 50.0 Å². The molecule has 0 aliphatic carbocycles. The summed E-state index contributed by atoms with van der Waals surface area (Å²) in [5.41, 5.74) is 3.57.